The molecule has 4 rings (SSSR count). The van der Waals surface area contributed by atoms with Crippen molar-refractivity contribution in [3.8, 4) is 0 Å². The number of piperidine rings is 1. The third-order valence-corrected chi connectivity index (χ3v) is 6.10. The molecule has 0 spiro atoms. The van der Waals surface area contributed by atoms with Crippen LogP contribution in [0.1, 0.15) is 42.7 Å². The van der Waals surface area contributed by atoms with E-state index in [0.29, 0.717) is 23.9 Å². The lowest BCUT2D eigenvalue weighted by Crippen LogP contribution is -2.37. The Labute approximate surface area is 154 Å². The van der Waals surface area contributed by atoms with Crippen LogP contribution in [0, 0.1) is 17.6 Å². The first-order valence-corrected chi connectivity index (χ1v) is 9.54. The van der Waals surface area contributed by atoms with Gasteiger partial charge in [-0.15, -0.1) is 0 Å². The zero-order chi connectivity index (χ0) is 18.1. The number of benzene rings is 2. The van der Waals surface area contributed by atoms with Crippen molar-refractivity contribution in [2.75, 3.05) is 13.1 Å². The van der Waals surface area contributed by atoms with Gasteiger partial charge in [-0.2, -0.15) is 0 Å². The van der Waals surface area contributed by atoms with Crippen LogP contribution in [0.25, 0.3) is 0 Å². The summed E-state index contributed by atoms with van der Waals surface area (Å²) in [6.07, 6.45) is 4.36. The molecule has 2 nitrogen and oxygen atoms in total. The van der Waals surface area contributed by atoms with Crippen molar-refractivity contribution in [1.29, 1.82) is 0 Å². The third kappa shape index (κ3) is 3.81. The SMILES string of the molecule is NC1(CC2CCN(Cc3ccc(F)cc3F)CC2)CC1c1ccccc1. The molecule has 2 fully saturated rings. The Morgan fingerprint density at radius 3 is 2.46 bits per heavy atom. The van der Waals surface area contributed by atoms with Crippen LogP contribution in [0.15, 0.2) is 48.5 Å². The van der Waals surface area contributed by atoms with E-state index in [1.165, 1.54) is 11.6 Å². The quantitative estimate of drug-likeness (QED) is 0.857. The second kappa shape index (κ2) is 7.09. The van der Waals surface area contributed by atoms with E-state index in [1.807, 2.05) is 6.07 Å². The minimum Gasteiger partial charge on any atom is -0.325 e. The number of likely N-dealkylation sites (tertiary alicyclic amines) is 1. The molecule has 2 unspecified atom stereocenters. The van der Waals surface area contributed by atoms with Gasteiger partial charge in [-0.1, -0.05) is 36.4 Å². The molecular formula is C22H26F2N2. The maximum atomic E-state index is 13.8. The Morgan fingerprint density at radius 1 is 1.04 bits per heavy atom. The molecule has 0 aromatic heterocycles. The molecule has 1 aliphatic heterocycles. The van der Waals surface area contributed by atoms with Gasteiger partial charge in [0, 0.05) is 29.6 Å². The standard InChI is InChI=1S/C22H26F2N2/c23-19-7-6-18(21(24)12-19)15-26-10-8-16(9-11-26)13-22(25)14-20(22)17-4-2-1-3-5-17/h1-7,12,16,20H,8-11,13-15,25H2. The Balaban J connectivity index is 1.28. The van der Waals surface area contributed by atoms with Crippen LogP contribution < -0.4 is 5.73 Å². The van der Waals surface area contributed by atoms with Gasteiger partial charge < -0.3 is 5.73 Å². The second-order valence-electron chi connectivity index (χ2n) is 8.06. The van der Waals surface area contributed by atoms with E-state index < -0.39 is 11.6 Å². The van der Waals surface area contributed by atoms with Crippen LogP contribution in [-0.4, -0.2) is 23.5 Å². The van der Waals surface area contributed by atoms with Crippen LogP contribution in [-0.2, 0) is 6.54 Å². The molecule has 138 valence electrons. The van der Waals surface area contributed by atoms with Gasteiger partial charge in [0.2, 0.25) is 0 Å². The first-order chi connectivity index (χ1) is 12.5. The largest absolute Gasteiger partial charge is 0.325 e. The van der Waals surface area contributed by atoms with Gasteiger partial charge in [-0.05, 0) is 56.3 Å². The van der Waals surface area contributed by atoms with Crippen molar-refractivity contribution >= 4 is 0 Å². The van der Waals surface area contributed by atoms with Gasteiger partial charge >= 0.3 is 0 Å². The maximum absolute atomic E-state index is 13.8. The number of rotatable bonds is 5. The molecule has 2 aromatic rings. The molecular weight excluding hydrogens is 330 g/mol. The fourth-order valence-corrected chi connectivity index (χ4v) is 4.46. The van der Waals surface area contributed by atoms with Crippen LogP contribution >= 0.6 is 0 Å². The van der Waals surface area contributed by atoms with Gasteiger partial charge in [0.05, 0.1) is 0 Å². The highest BCUT2D eigenvalue weighted by Gasteiger charge is 2.52. The van der Waals surface area contributed by atoms with Crippen LogP contribution in [0.4, 0.5) is 8.78 Å². The molecule has 0 bridgehead atoms. The van der Waals surface area contributed by atoms with Gasteiger partial charge in [-0.3, -0.25) is 4.90 Å². The number of hydrogen-bond acceptors (Lipinski definition) is 2. The van der Waals surface area contributed by atoms with Crippen molar-refractivity contribution in [3.63, 3.8) is 0 Å². The minimum atomic E-state index is -0.518. The molecule has 2 aliphatic rings. The lowest BCUT2D eigenvalue weighted by atomic mass is 9.87. The zero-order valence-electron chi connectivity index (χ0n) is 15.0. The molecule has 1 aliphatic carbocycles. The molecule has 0 amide bonds. The lowest BCUT2D eigenvalue weighted by molar-refractivity contribution is 0.164. The molecule has 1 heterocycles. The normalized spacial score (nSPS) is 26.8. The average Bonchev–Trinajstić information content (AvgIpc) is 3.31. The van der Waals surface area contributed by atoms with Crippen molar-refractivity contribution < 1.29 is 8.78 Å². The highest BCUT2D eigenvalue weighted by atomic mass is 19.1. The van der Waals surface area contributed by atoms with Crippen LogP contribution in [0.2, 0.25) is 0 Å². The Morgan fingerprint density at radius 2 is 1.77 bits per heavy atom. The molecule has 1 saturated carbocycles. The summed E-state index contributed by atoms with van der Waals surface area (Å²) in [6.45, 7) is 2.46. The van der Waals surface area contributed by atoms with Gasteiger partial charge in [0.1, 0.15) is 11.6 Å². The van der Waals surface area contributed by atoms with Gasteiger partial charge in [0.15, 0.2) is 0 Å². The van der Waals surface area contributed by atoms with Crippen molar-refractivity contribution in [1.82, 2.24) is 4.90 Å². The Hall–Kier alpha value is -1.78. The summed E-state index contributed by atoms with van der Waals surface area (Å²) < 4.78 is 26.9. The highest BCUT2D eigenvalue weighted by molar-refractivity contribution is 5.32. The Bertz CT molecular complexity index is 756. The number of nitrogens with zero attached hydrogens (tertiary/aromatic N) is 1. The van der Waals surface area contributed by atoms with E-state index >= 15 is 0 Å². The predicted molar refractivity (Wildman–Crippen MR) is 99.7 cm³/mol. The topological polar surface area (TPSA) is 29.3 Å². The highest BCUT2D eigenvalue weighted by Crippen LogP contribution is 2.53. The molecule has 4 heteroatoms. The molecule has 0 radical (unpaired) electrons. The zero-order valence-corrected chi connectivity index (χ0v) is 15.0. The van der Waals surface area contributed by atoms with Crippen molar-refractivity contribution in [2.24, 2.45) is 11.7 Å². The summed E-state index contributed by atoms with van der Waals surface area (Å²) in [5.41, 5.74) is 8.54. The number of nitrogens with two attached hydrogens (primary N) is 1. The average molecular weight is 356 g/mol. The number of hydrogen-bond donors (Lipinski definition) is 1. The van der Waals surface area contributed by atoms with Gasteiger partial charge in [-0.25, -0.2) is 8.78 Å². The molecule has 2 N–H and O–H groups in total. The summed E-state index contributed by atoms with van der Waals surface area (Å²) in [5, 5.41) is 0. The van der Waals surface area contributed by atoms with Gasteiger partial charge in [0.25, 0.3) is 0 Å². The fraction of sp³-hybridized carbons (Fsp3) is 0.455. The third-order valence-electron chi connectivity index (χ3n) is 6.10. The summed E-state index contributed by atoms with van der Waals surface area (Å²) in [4.78, 5) is 2.26. The van der Waals surface area contributed by atoms with E-state index in [1.54, 1.807) is 6.07 Å². The summed E-state index contributed by atoms with van der Waals surface area (Å²) >= 11 is 0. The summed E-state index contributed by atoms with van der Waals surface area (Å²) in [5.74, 6) is 0.172. The van der Waals surface area contributed by atoms with Crippen molar-refractivity contribution in [2.45, 2.75) is 43.7 Å². The first kappa shape index (κ1) is 17.6. The summed E-state index contributed by atoms with van der Waals surface area (Å²) in [7, 11) is 0. The molecule has 2 aromatic carbocycles. The Kier molecular flexibility index (Phi) is 4.80. The minimum absolute atomic E-state index is 0.0444. The predicted octanol–water partition coefficient (Wildman–Crippen LogP) is 4.45. The van der Waals surface area contributed by atoms with E-state index in [2.05, 4.69) is 29.2 Å². The number of halogens is 2. The van der Waals surface area contributed by atoms with Crippen LogP contribution in [0.3, 0.4) is 0 Å². The summed E-state index contributed by atoms with van der Waals surface area (Å²) in [6, 6.07) is 14.4. The monoisotopic (exact) mass is 356 g/mol. The first-order valence-electron chi connectivity index (χ1n) is 9.54. The molecule has 1 saturated heterocycles. The second-order valence-corrected chi connectivity index (χ2v) is 8.06. The fourth-order valence-electron chi connectivity index (χ4n) is 4.46. The van der Waals surface area contributed by atoms with E-state index in [9.17, 15) is 8.78 Å². The van der Waals surface area contributed by atoms with Crippen molar-refractivity contribution in [3.05, 3.63) is 71.3 Å². The van der Waals surface area contributed by atoms with E-state index in [4.69, 9.17) is 5.73 Å². The maximum Gasteiger partial charge on any atom is 0.130 e. The molecule has 26 heavy (non-hydrogen) atoms. The smallest absolute Gasteiger partial charge is 0.130 e. The van der Waals surface area contributed by atoms with E-state index in [-0.39, 0.29) is 5.54 Å². The van der Waals surface area contributed by atoms with E-state index in [0.717, 1.165) is 44.8 Å². The molecule has 2 atom stereocenters. The van der Waals surface area contributed by atoms with Crippen LogP contribution in [0.5, 0.6) is 0 Å². The lowest BCUT2D eigenvalue weighted by Gasteiger charge is -2.33.